The summed E-state index contributed by atoms with van der Waals surface area (Å²) in [5.74, 6) is 0.194. The smallest absolute Gasteiger partial charge is 0.319 e. The first kappa shape index (κ1) is 17.3. The number of methoxy groups -OCH3 is 2. The SMILES string of the molecule is COc1ccc(C2CCN(C(=O)C3(C(=O)O)CC=CC3)C2)cc1OC. The zero-order chi connectivity index (χ0) is 18.0. The fraction of sp³-hybridized carbons (Fsp3) is 0.474. The monoisotopic (exact) mass is 345 g/mol. The van der Waals surface area contributed by atoms with Gasteiger partial charge < -0.3 is 19.5 Å². The third-order valence-electron chi connectivity index (χ3n) is 5.27. The molecule has 0 aromatic heterocycles. The van der Waals surface area contributed by atoms with Crippen LogP contribution in [-0.2, 0) is 9.59 Å². The molecule has 1 heterocycles. The first-order valence-electron chi connectivity index (χ1n) is 8.41. The molecule has 1 aliphatic carbocycles. The summed E-state index contributed by atoms with van der Waals surface area (Å²) < 4.78 is 10.6. The predicted molar refractivity (Wildman–Crippen MR) is 91.9 cm³/mol. The lowest BCUT2D eigenvalue weighted by Gasteiger charge is -2.28. The van der Waals surface area contributed by atoms with Gasteiger partial charge in [-0.15, -0.1) is 0 Å². The molecule has 0 bridgehead atoms. The van der Waals surface area contributed by atoms with Gasteiger partial charge in [0.25, 0.3) is 0 Å². The molecule has 0 saturated carbocycles. The number of benzene rings is 1. The van der Waals surface area contributed by atoms with Crippen molar-refractivity contribution in [1.29, 1.82) is 0 Å². The molecule has 1 amide bonds. The van der Waals surface area contributed by atoms with E-state index in [1.807, 2.05) is 18.2 Å². The maximum atomic E-state index is 12.9. The van der Waals surface area contributed by atoms with Gasteiger partial charge in [-0.25, -0.2) is 0 Å². The van der Waals surface area contributed by atoms with Gasteiger partial charge in [0.15, 0.2) is 16.9 Å². The Labute approximate surface area is 147 Å². The zero-order valence-electron chi connectivity index (χ0n) is 14.5. The van der Waals surface area contributed by atoms with Gasteiger partial charge in [-0.3, -0.25) is 9.59 Å². The first-order valence-corrected chi connectivity index (χ1v) is 8.41. The third kappa shape index (κ3) is 2.97. The van der Waals surface area contributed by atoms with E-state index in [2.05, 4.69) is 0 Å². The maximum Gasteiger partial charge on any atom is 0.319 e. The molecule has 134 valence electrons. The van der Waals surface area contributed by atoms with Crippen molar-refractivity contribution in [3.8, 4) is 11.5 Å². The van der Waals surface area contributed by atoms with Crippen molar-refractivity contribution in [3.05, 3.63) is 35.9 Å². The molecule has 3 rings (SSSR count). The Morgan fingerprint density at radius 3 is 2.44 bits per heavy atom. The van der Waals surface area contributed by atoms with Crippen LogP contribution in [0.25, 0.3) is 0 Å². The van der Waals surface area contributed by atoms with Crippen LogP contribution >= 0.6 is 0 Å². The molecule has 1 aliphatic heterocycles. The number of likely N-dealkylation sites (tertiary alicyclic amines) is 1. The molecule has 1 N–H and O–H groups in total. The Kier molecular flexibility index (Phi) is 4.70. The van der Waals surface area contributed by atoms with Crippen molar-refractivity contribution < 1.29 is 24.2 Å². The second-order valence-electron chi connectivity index (χ2n) is 6.62. The Bertz CT molecular complexity index is 704. The average molecular weight is 345 g/mol. The van der Waals surface area contributed by atoms with Gasteiger partial charge >= 0.3 is 5.97 Å². The van der Waals surface area contributed by atoms with E-state index in [4.69, 9.17) is 9.47 Å². The number of rotatable bonds is 5. The number of aliphatic carboxylic acids is 1. The van der Waals surface area contributed by atoms with Gasteiger partial charge in [0.2, 0.25) is 5.91 Å². The van der Waals surface area contributed by atoms with Crippen LogP contribution in [0.4, 0.5) is 0 Å². The van der Waals surface area contributed by atoms with Gasteiger partial charge in [-0.2, -0.15) is 0 Å². The summed E-state index contributed by atoms with van der Waals surface area (Å²) in [6, 6.07) is 5.77. The molecule has 6 nitrogen and oxygen atoms in total. The summed E-state index contributed by atoms with van der Waals surface area (Å²) in [6.45, 7) is 1.11. The van der Waals surface area contributed by atoms with E-state index in [1.165, 1.54) is 0 Å². The number of allylic oxidation sites excluding steroid dienone is 2. The van der Waals surface area contributed by atoms with Crippen LogP contribution in [0.2, 0.25) is 0 Å². The number of hydrogen-bond acceptors (Lipinski definition) is 4. The molecular weight excluding hydrogens is 322 g/mol. The van der Waals surface area contributed by atoms with Crippen LogP contribution in [0.15, 0.2) is 30.4 Å². The normalized spacial score (nSPS) is 21.4. The minimum Gasteiger partial charge on any atom is -0.493 e. The van der Waals surface area contributed by atoms with Gasteiger partial charge in [0.05, 0.1) is 14.2 Å². The molecule has 1 unspecified atom stereocenters. The number of hydrogen-bond donors (Lipinski definition) is 1. The largest absolute Gasteiger partial charge is 0.493 e. The van der Waals surface area contributed by atoms with E-state index >= 15 is 0 Å². The maximum absolute atomic E-state index is 12.9. The van der Waals surface area contributed by atoms with E-state index in [-0.39, 0.29) is 24.7 Å². The fourth-order valence-corrected chi connectivity index (χ4v) is 3.72. The molecule has 0 radical (unpaired) electrons. The quantitative estimate of drug-likeness (QED) is 0.655. The van der Waals surface area contributed by atoms with Crippen LogP contribution in [0.5, 0.6) is 11.5 Å². The van der Waals surface area contributed by atoms with E-state index < -0.39 is 11.4 Å². The predicted octanol–water partition coefficient (Wildman–Crippen LogP) is 2.44. The van der Waals surface area contributed by atoms with Crippen LogP contribution in [-0.4, -0.2) is 49.2 Å². The average Bonchev–Trinajstić information content (AvgIpc) is 3.30. The third-order valence-corrected chi connectivity index (χ3v) is 5.27. The highest BCUT2D eigenvalue weighted by atomic mass is 16.5. The van der Waals surface area contributed by atoms with E-state index in [0.717, 1.165) is 12.0 Å². The van der Waals surface area contributed by atoms with Gasteiger partial charge in [0, 0.05) is 19.0 Å². The van der Waals surface area contributed by atoms with Crippen molar-refractivity contribution >= 4 is 11.9 Å². The number of carboxylic acid groups (broad SMARTS) is 1. The van der Waals surface area contributed by atoms with E-state index in [0.29, 0.717) is 24.6 Å². The van der Waals surface area contributed by atoms with Crippen LogP contribution in [0.3, 0.4) is 0 Å². The van der Waals surface area contributed by atoms with Crippen molar-refractivity contribution in [2.75, 3.05) is 27.3 Å². The Balaban J connectivity index is 1.75. The number of nitrogens with zero attached hydrogens (tertiary/aromatic N) is 1. The molecule has 25 heavy (non-hydrogen) atoms. The van der Waals surface area contributed by atoms with Gasteiger partial charge in [-0.05, 0) is 37.0 Å². The van der Waals surface area contributed by atoms with E-state index in [9.17, 15) is 14.7 Å². The van der Waals surface area contributed by atoms with Crippen molar-refractivity contribution in [2.45, 2.75) is 25.2 Å². The number of amides is 1. The standard InChI is InChI=1S/C19H23NO5/c1-24-15-6-5-13(11-16(15)25-2)14-7-10-20(12-14)17(21)19(18(22)23)8-3-4-9-19/h3-6,11,14H,7-10,12H2,1-2H3,(H,22,23). The molecule has 1 atom stereocenters. The molecule has 0 spiro atoms. The Morgan fingerprint density at radius 1 is 1.16 bits per heavy atom. The Hall–Kier alpha value is -2.50. The fourth-order valence-electron chi connectivity index (χ4n) is 3.72. The van der Waals surface area contributed by atoms with Crippen LogP contribution in [0.1, 0.15) is 30.7 Å². The number of carbonyl (C=O) groups is 2. The molecule has 1 aromatic carbocycles. The minimum absolute atomic E-state index is 0.170. The highest BCUT2D eigenvalue weighted by molar-refractivity contribution is 6.02. The highest BCUT2D eigenvalue weighted by Crippen LogP contribution is 2.39. The Morgan fingerprint density at radius 2 is 1.84 bits per heavy atom. The number of carboxylic acids is 1. The molecule has 6 heteroatoms. The second-order valence-corrected chi connectivity index (χ2v) is 6.62. The van der Waals surface area contributed by atoms with E-state index in [1.54, 1.807) is 31.3 Å². The lowest BCUT2D eigenvalue weighted by molar-refractivity contribution is -0.159. The highest BCUT2D eigenvalue weighted by Gasteiger charge is 2.49. The topological polar surface area (TPSA) is 76.1 Å². The first-order chi connectivity index (χ1) is 12.0. The zero-order valence-corrected chi connectivity index (χ0v) is 14.5. The van der Waals surface area contributed by atoms with Gasteiger partial charge in [-0.1, -0.05) is 18.2 Å². The minimum atomic E-state index is -1.31. The lowest BCUT2D eigenvalue weighted by Crippen LogP contribution is -2.46. The number of carbonyl (C=O) groups excluding carboxylic acids is 1. The summed E-state index contributed by atoms with van der Waals surface area (Å²) in [7, 11) is 3.18. The van der Waals surface area contributed by atoms with Crippen LogP contribution in [0, 0.1) is 5.41 Å². The second kappa shape index (κ2) is 6.78. The van der Waals surface area contributed by atoms with Crippen molar-refractivity contribution in [3.63, 3.8) is 0 Å². The van der Waals surface area contributed by atoms with Gasteiger partial charge in [0.1, 0.15) is 0 Å². The molecule has 2 aliphatic rings. The van der Waals surface area contributed by atoms with Crippen molar-refractivity contribution in [1.82, 2.24) is 4.90 Å². The number of ether oxygens (including phenoxy) is 2. The summed E-state index contributed by atoms with van der Waals surface area (Å²) in [5.41, 5.74) is -0.242. The molecular formula is C19H23NO5. The summed E-state index contributed by atoms with van der Waals surface area (Å²) in [6.07, 6.45) is 4.93. The summed E-state index contributed by atoms with van der Waals surface area (Å²) >= 11 is 0. The molecule has 1 saturated heterocycles. The van der Waals surface area contributed by atoms with Crippen molar-refractivity contribution in [2.24, 2.45) is 5.41 Å². The lowest BCUT2D eigenvalue weighted by atomic mass is 9.84. The molecule has 1 aromatic rings. The summed E-state index contributed by atoms with van der Waals surface area (Å²) in [4.78, 5) is 26.3. The molecule has 1 fully saturated rings. The summed E-state index contributed by atoms with van der Waals surface area (Å²) in [5, 5.41) is 9.59. The van der Waals surface area contributed by atoms with Crippen LogP contribution < -0.4 is 9.47 Å².